The van der Waals surface area contributed by atoms with Crippen molar-refractivity contribution in [3.63, 3.8) is 0 Å². The Labute approximate surface area is 109 Å². The van der Waals surface area contributed by atoms with E-state index in [-0.39, 0.29) is 17.8 Å². The third-order valence-corrected chi connectivity index (χ3v) is 3.16. The molecule has 1 N–H and O–H groups in total. The molecule has 0 aliphatic carbocycles. The van der Waals surface area contributed by atoms with Crippen molar-refractivity contribution in [1.29, 1.82) is 0 Å². The molecule has 1 unspecified atom stereocenters. The van der Waals surface area contributed by atoms with Gasteiger partial charge in [-0.25, -0.2) is 0 Å². The van der Waals surface area contributed by atoms with E-state index in [9.17, 15) is 4.79 Å². The Morgan fingerprint density at radius 1 is 1.44 bits per heavy atom. The van der Waals surface area contributed by atoms with Crippen molar-refractivity contribution < 1.29 is 9.53 Å². The third-order valence-electron chi connectivity index (χ3n) is 3.16. The van der Waals surface area contributed by atoms with Crippen LogP contribution in [-0.2, 0) is 0 Å². The highest BCUT2D eigenvalue weighted by molar-refractivity contribution is 5.98. The van der Waals surface area contributed by atoms with Crippen molar-refractivity contribution in [1.82, 2.24) is 5.32 Å². The van der Waals surface area contributed by atoms with E-state index in [2.05, 4.69) is 5.32 Å². The van der Waals surface area contributed by atoms with E-state index in [1.807, 2.05) is 38.1 Å². The van der Waals surface area contributed by atoms with E-state index in [4.69, 9.17) is 4.74 Å². The summed E-state index contributed by atoms with van der Waals surface area (Å²) in [6.07, 6.45) is 2.20. The van der Waals surface area contributed by atoms with Gasteiger partial charge in [0.2, 0.25) is 0 Å². The first-order valence-electron chi connectivity index (χ1n) is 6.68. The van der Waals surface area contributed by atoms with Gasteiger partial charge in [0.15, 0.2) is 5.78 Å². The van der Waals surface area contributed by atoms with Crippen LogP contribution in [0.1, 0.15) is 37.0 Å². The molecule has 3 nitrogen and oxygen atoms in total. The maximum atomic E-state index is 12.3. The summed E-state index contributed by atoms with van der Waals surface area (Å²) >= 11 is 0. The maximum Gasteiger partial charge on any atom is 0.167 e. The van der Waals surface area contributed by atoms with Gasteiger partial charge in [-0.15, -0.1) is 0 Å². The number of hydrogen-bond acceptors (Lipinski definition) is 3. The second-order valence-corrected chi connectivity index (χ2v) is 5.10. The van der Waals surface area contributed by atoms with Crippen LogP contribution in [0.15, 0.2) is 24.3 Å². The van der Waals surface area contributed by atoms with Gasteiger partial charge in [-0.2, -0.15) is 0 Å². The van der Waals surface area contributed by atoms with Crippen LogP contribution in [0.25, 0.3) is 0 Å². The third kappa shape index (κ3) is 3.33. The molecule has 1 aromatic carbocycles. The highest BCUT2D eigenvalue weighted by Gasteiger charge is 2.22. The van der Waals surface area contributed by atoms with Crippen LogP contribution < -0.4 is 10.1 Å². The average Bonchev–Trinajstić information content (AvgIpc) is 2.38. The summed E-state index contributed by atoms with van der Waals surface area (Å²) in [5.41, 5.74) is 0.766. The molecule has 0 saturated carbocycles. The lowest BCUT2D eigenvalue weighted by Gasteiger charge is -2.21. The summed E-state index contributed by atoms with van der Waals surface area (Å²) in [6.45, 7) is 5.80. The molecule has 0 bridgehead atoms. The van der Waals surface area contributed by atoms with Crippen LogP contribution in [0.2, 0.25) is 0 Å². The molecule has 1 heterocycles. The Morgan fingerprint density at radius 2 is 2.28 bits per heavy atom. The number of nitrogens with one attached hydrogen (secondary N) is 1. The molecule has 1 atom stereocenters. The minimum absolute atomic E-state index is 0.119. The van der Waals surface area contributed by atoms with Gasteiger partial charge in [-0.1, -0.05) is 12.1 Å². The largest absolute Gasteiger partial charge is 0.491 e. The number of benzene rings is 1. The van der Waals surface area contributed by atoms with Gasteiger partial charge in [0.05, 0.1) is 6.10 Å². The fourth-order valence-corrected chi connectivity index (χ4v) is 2.31. The molecular weight excluding hydrogens is 226 g/mol. The average molecular weight is 247 g/mol. The van der Waals surface area contributed by atoms with E-state index >= 15 is 0 Å². The standard InChI is InChI=1S/C15H21NO2/c1-11(2)18-14-7-3-5-12(9-14)15(17)13-6-4-8-16-10-13/h3,5,7,9,11,13,16H,4,6,8,10H2,1-2H3. The Hall–Kier alpha value is -1.35. The van der Waals surface area contributed by atoms with E-state index in [0.717, 1.165) is 37.2 Å². The Kier molecular flexibility index (Phi) is 4.37. The lowest BCUT2D eigenvalue weighted by Crippen LogP contribution is -2.34. The molecule has 1 fully saturated rings. The number of carbonyl (C=O) groups is 1. The van der Waals surface area contributed by atoms with Gasteiger partial charge >= 0.3 is 0 Å². The van der Waals surface area contributed by atoms with Crippen LogP contribution in [0, 0.1) is 5.92 Å². The fraction of sp³-hybridized carbons (Fsp3) is 0.533. The summed E-state index contributed by atoms with van der Waals surface area (Å²) in [6, 6.07) is 7.53. The second kappa shape index (κ2) is 6.01. The number of rotatable bonds is 4. The fourth-order valence-electron chi connectivity index (χ4n) is 2.31. The van der Waals surface area contributed by atoms with Gasteiger partial charge in [0, 0.05) is 18.0 Å². The van der Waals surface area contributed by atoms with E-state index in [1.165, 1.54) is 0 Å². The molecule has 0 amide bonds. The van der Waals surface area contributed by atoms with Crippen molar-refractivity contribution in [2.75, 3.05) is 13.1 Å². The number of Topliss-reactive ketones (excluding diaryl/α,β-unsaturated/α-hetero) is 1. The number of piperidine rings is 1. The molecule has 1 aromatic rings. The lowest BCUT2D eigenvalue weighted by molar-refractivity contribution is 0.0899. The van der Waals surface area contributed by atoms with E-state index < -0.39 is 0 Å². The van der Waals surface area contributed by atoms with Crippen molar-refractivity contribution >= 4 is 5.78 Å². The quantitative estimate of drug-likeness (QED) is 0.831. The van der Waals surface area contributed by atoms with Gasteiger partial charge in [0.25, 0.3) is 0 Å². The van der Waals surface area contributed by atoms with Crippen LogP contribution >= 0.6 is 0 Å². The first-order valence-corrected chi connectivity index (χ1v) is 6.68. The SMILES string of the molecule is CC(C)Oc1cccc(C(=O)C2CCCNC2)c1. The summed E-state index contributed by atoms with van der Waals surface area (Å²) < 4.78 is 5.62. The Bertz CT molecular complexity index is 409. The summed E-state index contributed by atoms with van der Waals surface area (Å²) in [4.78, 5) is 12.3. The van der Waals surface area contributed by atoms with Gasteiger partial charge in [0.1, 0.15) is 5.75 Å². The van der Waals surface area contributed by atoms with Crippen LogP contribution in [0.3, 0.4) is 0 Å². The van der Waals surface area contributed by atoms with Crippen LogP contribution in [0.4, 0.5) is 0 Å². The normalized spacial score (nSPS) is 19.8. The highest BCUT2D eigenvalue weighted by Crippen LogP contribution is 2.20. The predicted molar refractivity (Wildman–Crippen MR) is 72.1 cm³/mol. The molecular formula is C15H21NO2. The lowest BCUT2D eigenvalue weighted by atomic mass is 9.91. The zero-order valence-electron chi connectivity index (χ0n) is 11.1. The predicted octanol–water partition coefficient (Wildman–Crippen LogP) is 2.66. The highest BCUT2D eigenvalue weighted by atomic mass is 16.5. The van der Waals surface area contributed by atoms with Crippen molar-refractivity contribution in [3.8, 4) is 5.75 Å². The van der Waals surface area contributed by atoms with Crippen molar-refractivity contribution in [3.05, 3.63) is 29.8 Å². The minimum Gasteiger partial charge on any atom is -0.491 e. The number of ether oxygens (including phenoxy) is 1. The monoisotopic (exact) mass is 247 g/mol. The van der Waals surface area contributed by atoms with Crippen molar-refractivity contribution in [2.24, 2.45) is 5.92 Å². The second-order valence-electron chi connectivity index (χ2n) is 5.10. The molecule has 1 aliphatic heterocycles. The van der Waals surface area contributed by atoms with Crippen LogP contribution in [-0.4, -0.2) is 25.0 Å². The maximum absolute atomic E-state index is 12.3. The molecule has 3 heteroatoms. The first-order chi connectivity index (χ1) is 8.66. The van der Waals surface area contributed by atoms with E-state index in [1.54, 1.807) is 0 Å². The minimum atomic E-state index is 0.119. The Balaban J connectivity index is 2.09. The molecule has 18 heavy (non-hydrogen) atoms. The zero-order valence-corrected chi connectivity index (χ0v) is 11.1. The molecule has 0 aromatic heterocycles. The number of carbonyl (C=O) groups excluding carboxylic acids is 1. The van der Waals surface area contributed by atoms with Crippen LogP contribution in [0.5, 0.6) is 5.75 Å². The van der Waals surface area contributed by atoms with Gasteiger partial charge in [-0.05, 0) is 45.4 Å². The molecule has 0 radical (unpaired) electrons. The first kappa shape index (κ1) is 13.1. The molecule has 1 aliphatic rings. The summed E-state index contributed by atoms with van der Waals surface area (Å²) in [5.74, 6) is 1.13. The summed E-state index contributed by atoms with van der Waals surface area (Å²) in [7, 11) is 0. The summed E-state index contributed by atoms with van der Waals surface area (Å²) in [5, 5.41) is 3.28. The topological polar surface area (TPSA) is 38.3 Å². The molecule has 0 spiro atoms. The van der Waals surface area contributed by atoms with E-state index in [0.29, 0.717) is 0 Å². The van der Waals surface area contributed by atoms with Crippen molar-refractivity contribution in [2.45, 2.75) is 32.8 Å². The number of ketones is 1. The van der Waals surface area contributed by atoms with Gasteiger partial charge in [-0.3, -0.25) is 4.79 Å². The molecule has 1 saturated heterocycles. The molecule has 2 rings (SSSR count). The van der Waals surface area contributed by atoms with Gasteiger partial charge < -0.3 is 10.1 Å². The smallest absolute Gasteiger partial charge is 0.167 e. The Morgan fingerprint density at radius 3 is 2.94 bits per heavy atom. The number of hydrogen-bond donors (Lipinski definition) is 1. The molecule has 98 valence electrons. The zero-order chi connectivity index (χ0) is 13.0.